The molecule has 0 aliphatic heterocycles. The first kappa shape index (κ1) is 13.3. The van der Waals surface area contributed by atoms with Gasteiger partial charge in [-0.2, -0.15) is 18.4 Å². The second-order valence-electron chi connectivity index (χ2n) is 3.62. The van der Waals surface area contributed by atoms with E-state index in [0.717, 1.165) is 18.7 Å². The van der Waals surface area contributed by atoms with E-state index < -0.39 is 17.3 Å². The second-order valence-corrected chi connectivity index (χ2v) is 3.62. The van der Waals surface area contributed by atoms with Crippen LogP contribution in [0.4, 0.5) is 19.0 Å². The fourth-order valence-corrected chi connectivity index (χ4v) is 1.43. The van der Waals surface area contributed by atoms with Gasteiger partial charge in [-0.1, -0.05) is 6.92 Å². The molecule has 0 saturated carbocycles. The predicted octanol–water partition coefficient (Wildman–Crippen LogP) is 2.82. The molecule has 0 saturated heterocycles. The minimum atomic E-state index is -4.53. The summed E-state index contributed by atoms with van der Waals surface area (Å²) in [5.74, 6) is 0.221. The van der Waals surface area contributed by atoms with Gasteiger partial charge >= 0.3 is 6.18 Å². The molecular weight excluding hydrogens is 231 g/mol. The molecule has 1 heterocycles. The van der Waals surface area contributed by atoms with Crippen molar-refractivity contribution in [2.45, 2.75) is 19.5 Å². The smallest absolute Gasteiger partial charge is 0.360 e. The second kappa shape index (κ2) is 5.04. The molecule has 0 aliphatic rings. The Bertz CT molecular complexity index is 435. The van der Waals surface area contributed by atoms with Gasteiger partial charge in [0.15, 0.2) is 0 Å². The lowest BCUT2D eigenvalue weighted by Crippen LogP contribution is -2.20. The summed E-state index contributed by atoms with van der Waals surface area (Å²) >= 11 is 0. The number of hydrogen-bond donors (Lipinski definition) is 0. The highest BCUT2D eigenvalue weighted by molar-refractivity contribution is 5.48. The van der Waals surface area contributed by atoms with E-state index in [1.165, 1.54) is 6.07 Å². The molecule has 1 rings (SSSR count). The minimum Gasteiger partial charge on any atom is -0.360 e. The van der Waals surface area contributed by atoms with Crippen LogP contribution >= 0.6 is 0 Å². The molecule has 0 aliphatic carbocycles. The van der Waals surface area contributed by atoms with E-state index in [-0.39, 0.29) is 5.82 Å². The van der Waals surface area contributed by atoms with Crippen LogP contribution in [0.25, 0.3) is 0 Å². The molecule has 0 radical (unpaired) electrons. The van der Waals surface area contributed by atoms with E-state index >= 15 is 0 Å². The summed E-state index contributed by atoms with van der Waals surface area (Å²) in [7, 11) is 1.66. The molecule has 0 unspecified atom stereocenters. The number of anilines is 1. The molecule has 0 bridgehead atoms. The summed E-state index contributed by atoms with van der Waals surface area (Å²) in [6.45, 7) is 2.53. The third-order valence-electron chi connectivity index (χ3n) is 2.27. The van der Waals surface area contributed by atoms with E-state index in [2.05, 4.69) is 4.98 Å². The van der Waals surface area contributed by atoms with Crippen LogP contribution in [0, 0.1) is 11.3 Å². The molecule has 1 aromatic heterocycles. The number of nitriles is 1. The maximum Gasteiger partial charge on any atom is 0.417 e. The summed E-state index contributed by atoms with van der Waals surface area (Å²) in [5.41, 5.74) is -1.39. The lowest BCUT2D eigenvalue weighted by Gasteiger charge is -2.18. The molecule has 0 fully saturated rings. The monoisotopic (exact) mass is 243 g/mol. The highest BCUT2D eigenvalue weighted by Crippen LogP contribution is 2.33. The first-order valence-corrected chi connectivity index (χ1v) is 5.08. The van der Waals surface area contributed by atoms with Gasteiger partial charge in [0.2, 0.25) is 0 Å². The summed E-state index contributed by atoms with van der Waals surface area (Å²) in [6.07, 6.45) is -2.76. The minimum absolute atomic E-state index is 0.221. The van der Waals surface area contributed by atoms with Crippen LogP contribution in [0.3, 0.4) is 0 Å². The maximum absolute atomic E-state index is 12.7. The fraction of sp³-hybridized carbons (Fsp3) is 0.455. The number of halogens is 3. The van der Waals surface area contributed by atoms with E-state index in [1.54, 1.807) is 11.9 Å². The van der Waals surface area contributed by atoms with Crippen LogP contribution in [0.15, 0.2) is 12.3 Å². The lowest BCUT2D eigenvalue weighted by molar-refractivity contribution is -0.137. The number of hydrogen-bond acceptors (Lipinski definition) is 3. The Balaban J connectivity index is 3.19. The predicted molar refractivity (Wildman–Crippen MR) is 57.5 cm³/mol. The molecule has 0 spiro atoms. The van der Waals surface area contributed by atoms with Gasteiger partial charge in [0.05, 0.1) is 11.1 Å². The normalized spacial score (nSPS) is 11.1. The van der Waals surface area contributed by atoms with Gasteiger partial charge in [0, 0.05) is 19.8 Å². The van der Waals surface area contributed by atoms with Crippen molar-refractivity contribution in [3.05, 3.63) is 23.4 Å². The van der Waals surface area contributed by atoms with Gasteiger partial charge in [-0.15, -0.1) is 0 Å². The van der Waals surface area contributed by atoms with Crippen LogP contribution in [-0.4, -0.2) is 18.6 Å². The van der Waals surface area contributed by atoms with Crippen molar-refractivity contribution in [3.63, 3.8) is 0 Å². The zero-order valence-electron chi connectivity index (χ0n) is 9.54. The number of pyridine rings is 1. The van der Waals surface area contributed by atoms with Gasteiger partial charge in [-0.3, -0.25) is 0 Å². The fourth-order valence-electron chi connectivity index (χ4n) is 1.43. The highest BCUT2D eigenvalue weighted by Gasteiger charge is 2.34. The number of alkyl halides is 3. The van der Waals surface area contributed by atoms with Crippen LogP contribution in [0.2, 0.25) is 0 Å². The molecule has 3 nitrogen and oxygen atoms in total. The first-order valence-electron chi connectivity index (χ1n) is 5.08. The van der Waals surface area contributed by atoms with Crippen molar-refractivity contribution in [2.75, 3.05) is 18.5 Å². The largest absolute Gasteiger partial charge is 0.417 e. The Hall–Kier alpha value is -1.77. The Labute approximate surface area is 97.5 Å². The van der Waals surface area contributed by atoms with Crippen LogP contribution in [0.5, 0.6) is 0 Å². The standard InChI is InChI=1S/C11H12F3N3/c1-3-4-17(2)10-5-9(11(12,13)14)8(6-15)7-16-10/h5,7H,3-4H2,1-2H3. The van der Waals surface area contributed by atoms with E-state index in [4.69, 9.17) is 5.26 Å². The van der Waals surface area contributed by atoms with Gasteiger partial charge in [-0.25, -0.2) is 4.98 Å². The zero-order chi connectivity index (χ0) is 13.1. The topological polar surface area (TPSA) is 39.9 Å². The average Bonchev–Trinajstić information content (AvgIpc) is 2.27. The molecule has 0 amide bonds. The van der Waals surface area contributed by atoms with Crippen LogP contribution < -0.4 is 4.90 Å². The zero-order valence-corrected chi connectivity index (χ0v) is 9.54. The van der Waals surface area contributed by atoms with Crippen molar-refractivity contribution in [2.24, 2.45) is 0 Å². The van der Waals surface area contributed by atoms with Crippen LogP contribution in [-0.2, 0) is 6.18 Å². The Morgan fingerprint density at radius 1 is 1.47 bits per heavy atom. The SMILES string of the molecule is CCCN(C)c1cc(C(F)(F)F)c(C#N)cn1. The average molecular weight is 243 g/mol. The molecule has 0 atom stereocenters. The number of aromatic nitrogens is 1. The highest BCUT2D eigenvalue weighted by atomic mass is 19.4. The van der Waals surface area contributed by atoms with Gasteiger partial charge < -0.3 is 4.90 Å². The van der Waals surface area contributed by atoms with Crippen molar-refractivity contribution < 1.29 is 13.2 Å². The molecule has 92 valence electrons. The molecule has 1 aromatic rings. The summed E-state index contributed by atoms with van der Waals surface area (Å²) in [6, 6.07) is 2.41. The number of rotatable bonds is 3. The third kappa shape index (κ3) is 3.09. The van der Waals surface area contributed by atoms with Gasteiger partial charge in [-0.05, 0) is 12.5 Å². The number of nitrogens with zero attached hydrogens (tertiary/aromatic N) is 3. The van der Waals surface area contributed by atoms with Crippen LogP contribution in [0.1, 0.15) is 24.5 Å². The molecule has 0 aromatic carbocycles. The Morgan fingerprint density at radius 2 is 2.12 bits per heavy atom. The van der Waals surface area contributed by atoms with E-state index in [0.29, 0.717) is 6.54 Å². The lowest BCUT2D eigenvalue weighted by atomic mass is 10.1. The molecular formula is C11H12F3N3. The van der Waals surface area contributed by atoms with E-state index in [9.17, 15) is 13.2 Å². The summed E-state index contributed by atoms with van der Waals surface area (Å²) < 4.78 is 38.0. The van der Waals surface area contributed by atoms with Gasteiger partial charge in [0.1, 0.15) is 11.9 Å². The summed E-state index contributed by atoms with van der Waals surface area (Å²) in [5, 5.41) is 8.61. The maximum atomic E-state index is 12.7. The van der Waals surface area contributed by atoms with Crippen molar-refractivity contribution in [1.82, 2.24) is 4.98 Å². The Kier molecular flexibility index (Phi) is 3.94. The van der Waals surface area contributed by atoms with Gasteiger partial charge in [0.25, 0.3) is 0 Å². The Morgan fingerprint density at radius 3 is 2.59 bits per heavy atom. The first-order chi connectivity index (χ1) is 7.90. The quantitative estimate of drug-likeness (QED) is 0.819. The third-order valence-corrected chi connectivity index (χ3v) is 2.27. The molecule has 0 N–H and O–H groups in total. The van der Waals surface area contributed by atoms with Crippen molar-refractivity contribution in [3.8, 4) is 6.07 Å². The molecule has 6 heteroatoms. The molecule has 17 heavy (non-hydrogen) atoms. The summed E-state index contributed by atoms with van der Waals surface area (Å²) in [4.78, 5) is 5.47. The van der Waals surface area contributed by atoms with Crippen molar-refractivity contribution in [1.29, 1.82) is 5.26 Å². The van der Waals surface area contributed by atoms with Crippen molar-refractivity contribution >= 4 is 5.82 Å². The van der Waals surface area contributed by atoms with E-state index in [1.807, 2.05) is 6.92 Å².